The first-order valence-corrected chi connectivity index (χ1v) is 7.24. The molecule has 0 saturated heterocycles. The second kappa shape index (κ2) is 9.30. The number of amides is 1. The van der Waals surface area contributed by atoms with Crippen molar-refractivity contribution >= 4 is 47.3 Å². The van der Waals surface area contributed by atoms with Crippen LogP contribution in [0.25, 0.3) is 0 Å². The van der Waals surface area contributed by atoms with Gasteiger partial charge in [-0.1, -0.05) is 36.5 Å². The van der Waals surface area contributed by atoms with Crippen molar-refractivity contribution in [2.24, 2.45) is 5.73 Å². The zero-order chi connectivity index (χ0) is 15.2. The van der Waals surface area contributed by atoms with Crippen molar-refractivity contribution < 1.29 is 4.79 Å². The maximum atomic E-state index is 11.9. The van der Waals surface area contributed by atoms with Crippen LogP contribution < -0.4 is 16.4 Å². The molecule has 1 aromatic rings. The second-order valence-electron chi connectivity index (χ2n) is 4.83. The average molecular weight is 356 g/mol. The summed E-state index contributed by atoms with van der Waals surface area (Å²) in [6.07, 6.45) is 3.02. The summed E-state index contributed by atoms with van der Waals surface area (Å²) in [5, 5.41) is 6.73. The summed E-state index contributed by atoms with van der Waals surface area (Å²) in [5.74, 6) is 0.380. The molecular formula is C13H21Cl3N4O. The zero-order valence-electron chi connectivity index (χ0n) is 12.1. The highest BCUT2D eigenvalue weighted by Gasteiger charge is 2.26. The van der Waals surface area contributed by atoms with Crippen molar-refractivity contribution in [2.75, 3.05) is 18.4 Å². The molecule has 5 nitrogen and oxygen atoms in total. The van der Waals surface area contributed by atoms with Gasteiger partial charge in [-0.25, -0.2) is 4.98 Å². The van der Waals surface area contributed by atoms with Gasteiger partial charge < -0.3 is 16.4 Å². The van der Waals surface area contributed by atoms with Gasteiger partial charge in [0.05, 0.1) is 15.6 Å². The molecule has 0 aromatic carbocycles. The highest BCUT2D eigenvalue weighted by molar-refractivity contribution is 6.35. The molecule has 1 aromatic heterocycles. The first-order chi connectivity index (χ1) is 9.36. The summed E-state index contributed by atoms with van der Waals surface area (Å²) in [4.78, 5) is 15.9. The molecule has 120 valence electrons. The standard InChI is InChI=1S/C13H20Cl2N4O.ClH/c1-3-4-13(2,16)12(20)18-6-5-17-11-10(15)7-9(14)8-19-11;/h7-8H,3-6,16H2,1-2H3,(H,17,19)(H,18,20);1H. The molecule has 0 aliphatic carbocycles. The molecule has 0 bridgehead atoms. The first-order valence-electron chi connectivity index (χ1n) is 6.49. The Balaban J connectivity index is 0.00000400. The molecular weight excluding hydrogens is 335 g/mol. The largest absolute Gasteiger partial charge is 0.367 e. The highest BCUT2D eigenvalue weighted by Crippen LogP contribution is 2.22. The Morgan fingerprint density at radius 3 is 2.67 bits per heavy atom. The number of anilines is 1. The van der Waals surface area contributed by atoms with Crippen LogP contribution in [-0.4, -0.2) is 29.5 Å². The van der Waals surface area contributed by atoms with E-state index in [1.165, 1.54) is 6.20 Å². The number of hydrogen-bond acceptors (Lipinski definition) is 4. The van der Waals surface area contributed by atoms with Gasteiger partial charge in [-0.15, -0.1) is 12.4 Å². The Bertz CT molecular complexity index is 469. The average Bonchev–Trinajstić information content (AvgIpc) is 2.36. The van der Waals surface area contributed by atoms with Gasteiger partial charge in [-0.3, -0.25) is 4.79 Å². The number of pyridine rings is 1. The molecule has 0 aliphatic rings. The molecule has 21 heavy (non-hydrogen) atoms. The lowest BCUT2D eigenvalue weighted by atomic mass is 9.97. The van der Waals surface area contributed by atoms with E-state index in [2.05, 4.69) is 15.6 Å². The molecule has 0 saturated carbocycles. The van der Waals surface area contributed by atoms with E-state index in [1.54, 1.807) is 13.0 Å². The van der Waals surface area contributed by atoms with Crippen LogP contribution in [0.5, 0.6) is 0 Å². The lowest BCUT2D eigenvalue weighted by Gasteiger charge is -2.22. The summed E-state index contributed by atoms with van der Waals surface area (Å²) in [7, 11) is 0. The summed E-state index contributed by atoms with van der Waals surface area (Å²) in [6, 6.07) is 1.61. The van der Waals surface area contributed by atoms with Crippen molar-refractivity contribution in [3.8, 4) is 0 Å². The maximum absolute atomic E-state index is 11.9. The van der Waals surface area contributed by atoms with Crippen molar-refractivity contribution in [2.45, 2.75) is 32.2 Å². The van der Waals surface area contributed by atoms with E-state index in [-0.39, 0.29) is 18.3 Å². The molecule has 0 fully saturated rings. The van der Waals surface area contributed by atoms with E-state index >= 15 is 0 Å². The first kappa shape index (κ1) is 20.2. The number of nitrogens with one attached hydrogen (secondary N) is 2. The lowest BCUT2D eigenvalue weighted by Crippen LogP contribution is -2.52. The summed E-state index contributed by atoms with van der Waals surface area (Å²) in [5.41, 5.74) is 5.10. The number of carbonyl (C=O) groups excluding carboxylic acids is 1. The number of nitrogens with zero attached hydrogens (tertiary/aromatic N) is 1. The number of rotatable bonds is 7. The fourth-order valence-corrected chi connectivity index (χ4v) is 2.18. The third-order valence-corrected chi connectivity index (χ3v) is 3.29. The van der Waals surface area contributed by atoms with Crippen LogP contribution in [0.3, 0.4) is 0 Å². The fourth-order valence-electron chi connectivity index (χ4n) is 1.74. The van der Waals surface area contributed by atoms with Gasteiger partial charge in [0.15, 0.2) is 0 Å². The van der Waals surface area contributed by atoms with E-state index < -0.39 is 5.54 Å². The smallest absolute Gasteiger partial charge is 0.239 e. The summed E-state index contributed by atoms with van der Waals surface area (Å²) >= 11 is 11.7. The SMILES string of the molecule is CCCC(C)(N)C(=O)NCCNc1ncc(Cl)cc1Cl.Cl. The Morgan fingerprint density at radius 2 is 2.10 bits per heavy atom. The molecule has 0 spiro atoms. The van der Waals surface area contributed by atoms with Gasteiger partial charge in [0.1, 0.15) is 5.82 Å². The molecule has 1 heterocycles. The molecule has 1 unspecified atom stereocenters. The Hall–Kier alpha value is -0.750. The quantitative estimate of drug-likeness (QED) is 0.657. The van der Waals surface area contributed by atoms with Crippen LogP contribution in [0.2, 0.25) is 10.0 Å². The topological polar surface area (TPSA) is 80.0 Å². The maximum Gasteiger partial charge on any atom is 0.239 e. The third kappa shape index (κ3) is 6.70. The minimum absolute atomic E-state index is 0. The Morgan fingerprint density at radius 1 is 1.43 bits per heavy atom. The van der Waals surface area contributed by atoms with Gasteiger partial charge in [-0.05, 0) is 19.4 Å². The van der Waals surface area contributed by atoms with E-state index in [4.69, 9.17) is 28.9 Å². The van der Waals surface area contributed by atoms with E-state index in [9.17, 15) is 4.79 Å². The minimum Gasteiger partial charge on any atom is -0.367 e. The van der Waals surface area contributed by atoms with Crippen LogP contribution in [0.4, 0.5) is 5.82 Å². The molecule has 4 N–H and O–H groups in total. The summed E-state index contributed by atoms with van der Waals surface area (Å²) < 4.78 is 0. The number of hydrogen-bond donors (Lipinski definition) is 3. The molecule has 1 atom stereocenters. The second-order valence-corrected chi connectivity index (χ2v) is 5.68. The summed E-state index contributed by atoms with van der Waals surface area (Å²) in [6.45, 7) is 4.67. The monoisotopic (exact) mass is 354 g/mol. The van der Waals surface area contributed by atoms with Gasteiger partial charge in [0.2, 0.25) is 5.91 Å². The van der Waals surface area contributed by atoms with Crippen molar-refractivity contribution in [3.63, 3.8) is 0 Å². The zero-order valence-corrected chi connectivity index (χ0v) is 14.4. The number of halogens is 3. The van der Waals surface area contributed by atoms with E-state index in [0.717, 1.165) is 6.42 Å². The van der Waals surface area contributed by atoms with Crippen LogP contribution >= 0.6 is 35.6 Å². The molecule has 1 amide bonds. The van der Waals surface area contributed by atoms with Crippen LogP contribution in [0.1, 0.15) is 26.7 Å². The van der Waals surface area contributed by atoms with Crippen LogP contribution in [0.15, 0.2) is 12.3 Å². The van der Waals surface area contributed by atoms with E-state index in [0.29, 0.717) is 35.4 Å². The van der Waals surface area contributed by atoms with Gasteiger partial charge in [0, 0.05) is 19.3 Å². The van der Waals surface area contributed by atoms with Crippen LogP contribution in [0, 0.1) is 0 Å². The molecule has 1 rings (SSSR count). The van der Waals surface area contributed by atoms with Crippen LogP contribution in [-0.2, 0) is 4.79 Å². The van der Waals surface area contributed by atoms with E-state index in [1.807, 2.05) is 6.92 Å². The van der Waals surface area contributed by atoms with Gasteiger partial charge in [0.25, 0.3) is 0 Å². The fraction of sp³-hybridized carbons (Fsp3) is 0.538. The Kier molecular flexibility index (Phi) is 8.97. The molecule has 8 heteroatoms. The van der Waals surface area contributed by atoms with Gasteiger partial charge >= 0.3 is 0 Å². The van der Waals surface area contributed by atoms with Crippen molar-refractivity contribution in [1.82, 2.24) is 10.3 Å². The molecule has 0 radical (unpaired) electrons. The highest BCUT2D eigenvalue weighted by atomic mass is 35.5. The predicted molar refractivity (Wildman–Crippen MR) is 90.5 cm³/mol. The predicted octanol–water partition coefficient (Wildman–Crippen LogP) is 2.86. The van der Waals surface area contributed by atoms with Crippen molar-refractivity contribution in [3.05, 3.63) is 22.3 Å². The lowest BCUT2D eigenvalue weighted by molar-refractivity contribution is -0.125. The molecule has 0 aliphatic heterocycles. The number of aromatic nitrogens is 1. The minimum atomic E-state index is -0.828. The van der Waals surface area contributed by atoms with Crippen molar-refractivity contribution in [1.29, 1.82) is 0 Å². The van der Waals surface area contributed by atoms with Gasteiger partial charge in [-0.2, -0.15) is 0 Å². The Labute approximate surface area is 141 Å². The third-order valence-electron chi connectivity index (χ3n) is 2.80. The number of nitrogens with two attached hydrogens (primary N) is 1. The normalized spacial score (nSPS) is 13.0. The number of carbonyl (C=O) groups is 1.